The van der Waals surface area contributed by atoms with E-state index in [1.807, 2.05) is 6.07 Å². The van der Waals surface area contributed by atoms with Crippen molar-refractivity contribution in [2.45, 2.75) is 45.1 Å². The standard InChI is InChI=1S/C31H34O12/c1-15-19(11-22(35-5)16(2)34-4)25(18-8-9-21-23(10-18)41-14-40-21)26-20(12-38-30(26)33)27(15)43-31-29(42-17(3)32)28(37-7)24(36-6)13-39-31/h8-11,24,28-29,31H,1,12-14H2,2-7H3. The molecule has 3 aliphatic rings. The summed E-state index contributed by atoms with van der Waals surface area (Å²) in [6.45, 7) is 7.49. The first-order valence-corrected chi connectivity index (χ1v) is 13.5. The van der Waals surface area contributed by atoms with E-state index in [9.17, 15) is 9.59 Å². The Morgan fingerprint density at radius 1 is 0.977 bits per heavy atom. The highest BCUT2D eigenvalue weighted by molar-refractivity contribution is 6.02. The molecule has 0 spiro atoms. The summed E-state index contributed by atoms with van der Waals surface area (Å²) in [5.41, 5.74) is 1.92. The third-order valence-electron chi connectivity index (χ3n) is 7.55. The Hall–Kier alpha value is -4.26. The van der Waals surface area contributed by atoms with Crippen molar-refractivity contribution in [1.29, 1.82) is 0 Å². The molecule has 5 rings (SSSR count). The van der Waals surface area contributed by atoms with Gasteiger partial charge in [0, 0.05) is 37.5 Å². The molecule has 1 fully saturated rings. The largest absolute Gasteiger partial charge is 0.498 e. The summed E-state index contributed by atoms with van der Waals surface area (Å²) < 4.78 is 56.9. The van der Waals surface area contributed by atoms with E-state index in [0.717, 1.165) is 0 Å². The van der Waals surface area contributed by atoms with Crippen LogP contribution in [-0.2, 0) is 44.6 Å². The number of cyclic esters (lactones) is 1. The number of carbonyl (C=O) groups is 2. The highest BCUT2D eigenvalue weighted by Gasteiger charge is 2.46. The number of benzene rings is 2. The van der Waals surface area contributed by atoms with Gasteiger partial charge in [0.15, 0.2) is 23.4 Å². The molecule has 0 aliphatic carbocycles. The second-order valence-corrected chi connectivity index (χ2v) is 9.94. The molecule has 4 atom stereocenters. The Morgan fingerprint density at radius 2 is 1.74 bits per heavy atom. The maximum absolute atomic E-state index is 13.4. The molecule has 4 unspecified atom stereocenters. The molecule has 0 saturated carbocycles. The lowest BCUT2D eigenvalue weighted by molar-refractivity contribution is -0.259. The average molecular weight is 599 g/mol. The van der Waals surface area contributed by atoms with Gasteiger partial charge in [-0.3, -0.25) is 4.79 Å². The zero-order valence-corrected chi connectivity index (χ0v) is 24.8. The molecule has 12 heteroatoms. The molecule has 3 heterocycles. The quantitative estimate of drug-likeness (QED) is 0.310. The first kappa shape index (κ1) is 30.2. The molecule has 12 nitrogen and oxygen atoms in total. The van der Waals surface area contributed by atoms with Gasteiger partial charge in [-0.1, -0.05) is 12.6 Å². The molecule has 0 bridgehead atoms. The molecule has 2 aromatic rings. The van der Waals surface area contributed by atoms with Crippen molar-refractivity contribution in [3.05, 3.63) is 51.3 Å². The van der Waals surface area contributed by atoms with Crippen LogP contribution in [0.4, 0.5) is 0 Å². The number of rotatable bonds is 9. The first-order valence-electron chi connectivity index (χ1n) is 13.5. The van der Waals surface area contributed by atoms with Crippen LogP contribution in [0.25, 0.3) is 23.8 Å². The van der Waals surface area contributed by atoms with E-state index >= 15 is 0 Å². The monoisotopic (exact) mass is 598 g/mol. The van der Waals surface area contributed by atoms with Crippen molar-refractivity contribution in [3.8, 4) is 28.4 Å². The SMILES string of the molecule is C=c1c(OC2OCC(OC)C(OC)C2OC(C)=O)c2c(c(-c3ccc4c(c3)OCO4)c1=CC(OC)=C(C)OC)C(=O)OC2. The summed E-state index contributed by atoms with van der Waals surface area (Å²) in [5.74, 6) is 1.12. The van der Waals surface area contributed by atoms with Crippen molar-refractivity contribution >= 4 is 24.6 Å². The summed E-state index contributed by atoms with van der Waals surface area (Å²) in [5, 5.41) is 0.897. The smallest absolute Gasteiger partial charge is 0.339 e. The van der Waals surface area contributed by atoms with Gasteiger partial charge in [-0.15, -0.1) is 0 Å². The topological polar surface area (TPSA) is 126 Å². The van der Waals surface area contributed by atoms with Crippen LogP contribution >= 0.6 is 0 Å². The van der Waals surface area contributed by atoms with Gasteiger partial charge in [-0.05, 0) is 35.9 Å². The third kappa shape index (κ3) is 5.61. The number of hydrogen-bond donors (Lipinski definition) is 0. The fraction of sp³-hybridized carbons (Fsp3) is 0.419. The highest BCUT2D eigenvalue weighted by atomic mass is 16.7. The summed E-state index contributed by atoms with van der Waals surface area (Å²) in [6.07, 6.45) is -1.63. The number of ether oxygens (including phenoxy) is 10. The van der Waals surface area contributed by atoms with Gasteiger partial charge in [-0.25, -0.2) is 4.79 Å². The number of allylic oxidation sites excluding steroid dienone is 2. The Morgan fingerprint density at radius 3 is 2.42 bits per heavy atom. The second-order valence-electron chi connectivity index (χ2n) is 9.94. The van der Waals surface area contributed by atoms with Gasteiger partial charge in [0.2, 0.25) is 13.1 Å². The van der Waals surface area contributed by atoms with Crippen LogP contribution < -0.4 is 24.6 Å². The van der Waals surface area contributed by atoms with Gasteiger partial charge in [-0.2, -0.15) is 0 Å². The molecule has 0 radical (unpaired) electrons. The van der Waals surface area contributed by atoms with Crippen LogP contribution in [0.1, 0.15) is 29.8 Å². The predicted molar refractivity (Wildman–Crippen MR) is 151 cm³/mol. The van der Waals surface area contributed by atoms with Gasteiger partial charge < -0.3 is 47.4 Å². The Bertz CT molecular complexity index is 1560. The highest BCUT2D eigenvalue weighted by Crippen LogP contribution is 2.39. The molecular weight excluding hydrogens is 564 g/mol. The van der Waals surface area contributed by atoms with Crippen molar-refractivity contribution < 1.29 is 57.0 Å². The van der Waals surface area contributed by atoms with E-state index in [1.165, 1.54) is 35.4 Å². The molecule has 1 saturated heterocycles. The summed E-state index contributed by atoms with van der Waals surface area (Å²) in [6, 6.07) is 5.38. The summed E-state index contributed by atoms with van der Waals surface area (Å²) in [7, 11) is 6.02. The minimum atomic E-state index is -1.12. The molecule has 43 heavy (non-hydrogen) atoms. The first-order chi connectivity index (χ1) is 20.7. The van der Waals surface area contributed by atoms with Gasteiger partial charge >= 0.3 is 11.9 Å². The molecular formula is C31H34O12. The Labute approximate surface area is 248 Å². The maximum atomic E-state index is 13.4. The Balaban J connectivity index is 1.74. The molecule has 0 N–H and O–H groups in total. The van der Waals surface area contributed by atoms with E-state index in [-0.39, 0.29) is 31.3 Å². The summed E-state index contributed by atoms with van der Waals surface area (Å²) in [4.78, 5) is 25.4. The van der Waals surface area contributed by atoms with Gasteiger partial charge in [0.1, 0.15) is 30.3 Å². The van der Waals surface area contributed by atoms with E-state index in [1.54, 1.807) is 25.1 Å². The molecule has 230 valence electrons. The molecule has 2 aromatic carbocycles. The minimum Gasteiger partial charge on any atom is -0.498 e. The molecule has 0 amide bonds. The zero-order chi connectivity index (χ0) is 30.8. The molecule has 0 aromatic heterocycles. The fourth-order valence-electron chi connectivity index (χ4n) is 5.38. The van der Waals surface area contributed by atoms with Crippen molar-refractivity contribution in [3.63, 3.8) is 0 Å². The number of fused-ring (bicyclic) bond motifs is 2. The molecule has 3 aliphatic heterocycles. The van der Waals surface area contributed by atoms with Crippen LogP contribution in [0, 0.1) is 0 Å². The van der Waals surface area contributed by atoms with E-state index < -0.39 is 36.5 Å². The van der Waals surface area contributed by atoms with Crippen molar-refractivity contribution in [2.75, 3.05) is 41.8 Å². The van der Waals surface area contributed by atoms with Gasteiger partial charge in [0.25, 0.3) is 0 Å². The fourth-order valence-corrected chi connectivity index (χ4v) is 5.38. The lowest BCUT2D eigenvalue weighted by Gasteiger charge is -2.40. The van der Waals surface area contributed by atoms with Crippen LogP contribution in [0.2, 0.25) is 0 Å². The van der Waals surface area contributed by atoms with Crippen LogP contribution in [0.5, 0.6) is 17.2 Å². The number of carbonyl (C=O) groups excluding carboxylic acids is 2. The average Bonchev–Trinajstić information content (AvgIpc) is 3.63. The van der Waals surface area contributed by atoms with Crippen LogP contribution in [-0.4, -0.2) is 78.4 Å². The number of methoxy groups -OCH3 is 4. The van der Waals surface area contributed by atoms with E-state index in [2.05, 4.69) is 6.58 Å². The zero-order valence-electron chi connectivity index (χ0n) is 24.8. The van der Waals surface area contributed by atoms with Gasteiger partial charge in [0.05, 0.1) is 26.4 Å². The van der Waals surface area contributed by atoms with Crippen LogP contribution in [0.3, 0.4) is 0 Å². The van der Waals surface area contributed by atoms with Crippen molar-refractivity contribution in [1.82, 2.24) is 0 Å². The van der Waals surface area contributed by atoms with E-state index in [0.29, 0.717) is 50.1 Å². The maximum Gasteiger partial charge on any atom is 0.339 e. The lowest BCUT2D eigenvalue weighted by atomic mass is 9.91. The summed E-state index contributed by atoms with van der Waals surface area (Å²) >= 11 is 0. The number of hydrogen-bond acceptors (Lipinski definition) is 12. The predicted octanol–water partition coefficient (Wildman–Crippen LogP) is 2.16. The number of esters is 2. The Kier molecular flexibility index (Phi) is 8.81. The van der Waals surface area contributed by atoms with E-state index in [4.69, 9.17) is 47.4 Å². The second kappa shape index (κ2) is 12.5. The van der Waals surface area contributed by atoms with Crippen molar-refractivity contribution in [2.24, 2.45) is 0 Å². The third-order valence-corrected chi connectivity index (χ3v) is 7.55. The van der Waals surface area contributed by atoms with Crippen LogP contribution in [0.15, 0.2) is 29.7 Å². The lowest BCUT2D eigenvalue weighted by Crippen LogP contribution is -2.58. The normalized spacial score (nSPS) is 23.3. The minimum absolute atomic E-state index is 0.0761.